The van der Waals surface area contributed by atoms with Crippen molar-refractivity contribution in [2.24, 2.45) is 5.41 Å². The topological polar surface area (TPSA) is 57.5 Å². The second-order valence-electron chi connectivity index (χ2n) is 3.13. The molecule has 0 amide bonds. The Morgan fingerprint density at radius 2 is 2.30 bits per heavy atom. The summed E-state index contributed by atoms with van der Waals surface area (Å²) in [5.74, 6) is -0.877. The molecule has 1 rings (SSSR count). The number of aliphatic hydroxyl groups is 1. The van der Waals surface area contributed by atoms with E-state index >= 15 is 0 Å². The molecular weight excluding hydrogens is 132 g/mol. The number of rotatable bonds is 1. The first-order valence-electron chi connectivity index (χ1n) is 3.49. The summed E-state index contributed by atoms with van der Waals surface area (Å²) in [6.07, 6.45) is 1.40. The van der Waals surface area contributed by atoms with Crippen molar-refractivity contribution < 1.29 is 15.0 Å². The zero-order chi connectivity index (χ0) is 7.78. The fourth-order valence-corrected chi connectivity index (χ4v) is 1.40. The fourth-order valence-electron chi connectivity index (χ4n) is 1.40. The molecule has 1 unspecified atom stereocenters. The SMILES string of the molecule is C[C@@]1(C(=O)O)CCCC1O. The number of hydrogen-bond acceptors (Lipinski definition) is 2. The second-order valence-corrected chi connectivity index (χ2v) is 3.13. The monoisotopic (exact) mass is 144 g/mol. The number of hydrogen-bond donors (Lipinski definition) is 2. The highest BCUT2D eigenvalue weighted by Gasteiger charge is 2.44. The van der Waals surface area contributed by atoms with Crippen LogP contribution in [0.25, 0.3) is 0 Å². The molecule has 0 heterocycles. The van der Waals surface area contributed by atoms with Gasteiger partial charge in [-0.1, -0.05) is 0 Å². The van der Waals surface area contributed by atoms with E-state index in [0.29, 0.717) is 12.8 Å². The van der Waals surface area contributed by atoms with Gasteiger partial charge in [-0.15, -0.1) is 0 Å². The Kier molecular flexibility index (Phi) is 1.68. The van der Waals surface area contributed by atoms with Gasteiger partial charge in [-0.05, 0) is 26.2 Å². The van der Waals surface area contributed by atoms with E-state index in [9.17, 15) is 9.90 Å². The quantitative estimate of drug-likeness (QED) is 0.567. The molecule has 10 heavy (non-hydrogen) atoms. The predicted octanol–water partition coefficient (Wildman–Crippen LogP) is 0.622. The van der Waals surface area contributed by atoms with Gasteiger partial charge in [0.25, 0.3) is 0 Å². The highest BCUT2D eigenvalue weighted by Crippen LogP contribution is 2.37. The van der Waals surface area contributed by atoms with Crippen LogP contribution in [0.2, 0.25) is 0 Å². The van der Waals surface area contributed by atoms with Gasteiger partial charge in [-0.25, -0.2) is 0 Å². The molecule has 0 radical (unpaired) electrons. The molecule has 58 valence electrons. The minimum Gasteiger partial charge on any atom is -0.481 e. The Hall–Kier alpha value is -0.570. The summed E-state index contributed by atoms with van der Waals surface area (Å²) in [5, 5.41) is 17.9. The van der Waals surface area contributed by atoms with Gasteiger partial charge >= 0.3 is 5.97 Å². The van der Waals surface area contributed by atoms with E-state index in [1.807, 2.05) is 0 Å². The van der Waals surface area contributed by atoms with Crippen molar-refractivity contribution in [1.29, 1.82) is 0 Å². The van der Waals surface area contributed by atoms with Gasteiger partial charge < -0.3 is 10.2 Å². The molecule has 0 aromatic carbocycles. The lowest BCUT2D eigenvalue weighted by molar-refractivity contribution is -0.152. The molecule has 0 aromatic rings. The molecule has 2 N–H and O–H groups in total. The van der Waals surface area contributed by atoms with Gasteiger partial charge in [0.15, 0.2) is 0 Å². The van der Waals surface area contributed by atoms with Crippen molar-refractivity contribution in [2.75, 3.05) is 0 Å². The van der Waals surface area contributed by atoms with Crippen LogP contribution < -0.4 is 0 Å². The molecule has 1 aliphatic carbocycles. The smallest absolute Gasteiger partial charge is 0.311 e. The first kappa shape index (κ1) is 7.54. The van der Waals surface area contributed by atoms with E-state index < -0.39 is 17.5 Å². The number of aliphatic carboxylic acids is 1. The largest absolute Gasteiger partial charge is 0.481 e. The molecule has 0 spiro atoms. The molecule has 3 nitrogen and oxygen atoms in total. The molecule has 1 saturated carbocycles. The van der Waals surface area contributed by atoms with E-state index in [1.54, 1.807) is 6.92 Å². The summed E-state index contributed by atoms with van der Waals surface area (Å²) >= 11 is 0. The third kappa shape index (κ3) is 0.904. The highest BCUT2D eigenvalue weighted by atomic mass is 16.4. The van der Waals surface area contributed by atoms with Crippen LogP contribution in [0.3, 0.4) is 0 Å². The van der Waals surface area contributed by atoms with Crippen LogP contribution in [-0.4, -0.2) is 22.3 Å². The Morgan fingerprint density at radius 1 is 1.70 bits per heavy atom. The number of carbonyl (C=O) groups is 1. The Bertz CT molecular complexity index is 155. The minimum absolute atomic E-state index is 0.601. The van der Waals surface area contributed by atoms with Crippen LogP contribution in [0.4, 0.5) is 0 Å². The molecule has 3 heteroatoms. The highest BCUT2D eigenvalue weighted by molar-refractivity contribution is 5.75. The van der Waals surface area contributed by atoms with Gasteiger partial charge in [0.2, 0.25) is 0 Å². The van der Waals surface area contributed by atoms with E-state index in [2.05, 4.69) is 0 Å². The van der Waals surface area contributed by atoms with Crippen LogP contribution in [0.5, 0.6) is 0 Å². The van der Waals surface area contributed by atoms with Gasteiger partial charge in [0.05, 0.1) is 11.5 Å². The summed E-state index contributed by atoms with van der Waals surface area (Å²) in [5.41, 5.74) is -0.875. The first-order chi connectivity index (χ1) is 4.57. The van der Waals surface area contributed by atoms with Crippen molar-refractivity contribution >= 4 is 5.97 Å². The van der Waals surface area contributed by atoms with Gasteiger partial charge in [-0.3, -0.25) is 4.79 Å². The van der Waals surface area contributed by atoms with Crippen molar-refractivity contribution in [3.8, 4) is 0 Å². The molecule has 1 fully saturated rings. The van der Waals surface area contributed by atoms with Crippen LogP contribution >= 0.6 is 0 Å². The Balaban J connectivity index is 2.75. The van der Waals surface area contributed by atoms with Crippen LogP contribution in [-0.2, 0) is 4.79 Å². The molecule has 0 saturated heterocycles. The Labute approximate surface area is 59.7 Å². The third-order valence-electron chi connectivity index (χ3n) is 2.40. The molecule has 0 aromatic heterocycles. The van der Waals surface area contributed by atoms with Crippen LogP contribution in [0.1, 0.15) is 26.2 Å². The average Bonchev–Trinajstić information content (AvgIpc) is 2.15. The normalized spacial score (nSPS) is 40.0. The maximum atomic E-state index is 10.6. The van der Waals surface area contributed by atoms with Crippen molar-refractivity contribution in [3.63, 3.8) is 0 Å². The van der Waals surface area contributed by atoms with Gasteiger partial charge in [0.1, 0.15) is 0 Å². The molecular formula is C7H12O3. The van der Waals surface area contributed by atoms with E-state index in [-0.39, 0.29) is 0 Å². The third-order valence-corrected chi connectivity index (χ3v) is 2.40. The molecule has 0 bridgehead atoms. The van der Waals surface area contributed by atoms with Crippen molar-refractivity contribution in [2.45, 2.75) is 32.3 Å². The lowest BCUT2D eigenvalue weighted by Crippen LogP contribution is -2.34. The average molecular weight is 144 g/mol. The van der Waals surface area contributed by atoms with Crippen LogP contribution in [0, 0.1) is 5.41 Å². The first-order valence-corrected chi connectivity index (χ1v) is 3.49. The van der Waals surface area contributed by atoms with E-state index in [1.165, 1.54) is 0 Å². The summed E-state index contributed by atoms with van der Waals surface area (Å²) in [4.78, 5) is 10.6. The Morgan fingerprint density at radius 3 is 2.50 bits per heavy atom. The van der Waals surface area contributed by atoms with Gasteiger partial charge in [0, 0.05) is 0 Å². The number of carboxylic acid groups (broad SMARTS) is 1. The lowest BCUT2D eigenvalue weighted by Gasteiger charge is -2.21. The molecule has 1 aliphatic rings. The van der Waals surface area contributed by atoms with E-state index in [0.717, 1.165) is 6.42 Å². The summed E-state index contributed by atoms with van der Waals surface area (Å²) in [7, 11) is 0. The minimum atomic E-state index is -0.877. The lowest BCUT2D eigenvalue weighted by atomic mass is 9.87. The maximum Gasteiger partial charge on any atom is 0.311 e. The fraction of sp³-hybridized carbons (Fsp3) is 0.857. The maximum absolute atomic E-state index is 10.6. The zero-order valence-corrected chi connectivity index (χ0v) is 6.00. The molecule has 0 aliphatic heterocycles. The van der Waals surface area contributed by atoms with Crippen LogP contribution in [0.15, 0.2) is 0 Å². The van der Waals surface area contributed by atoms with Crippen molar-refractivity contribution in [3.05, 3.63) is 0 Å². The van der Waals surface area contributed by atoms with Gasteiger partial charge in [-0.2, -0.15) is 0 Å². The molecule has 2 atom stereocenters. The predicted molar refractivity (Wildman–Crippen MR) is 35.6 cm³/mol. The summed E-state index contributed by atoms with van der Waals surface area (Å²) < 4.78 is 0. The van der Waals surface area contributed by atoms with E-state index in [4.69, 9.17) is 5.11 Å². The second kappa shape index (κ2) is 2.23. The number of carboxylic acids is 1. The summed E-state index contributed by atoms with van der Waals surface area (Å²) in [6.45, 7) is 1.60. The zero-order valence-electron chi connectivity index (χ0n) is 6.00. The van der Waals surface area contributed by atoms with Crippen molar-refractivity contribution in [1.82, 2.24) is 0 Å². The number of aliphatic hydroxyl groups excluding tert-OH is 1. The summed E-state index contributed by atoms with van der Waals surface area (Å²) in [6, 6.07) is 0. The standard InChI is InChI=1S/C7H12O3/c1-7(6(9)10)4-2-3-5(7)8/h5,8H,2-4H2,1H3,(H,9,10)/t5?,7-/m1/s1.